The first-order chi connectivity index (χ1) is 5.20. The summed E-state index contributed by atoms with van der Waals surface area (Å²) in [5, 5.41) is 0. The molecule has 1 atom stereocenters. The minimum Gasteiger partial charge on any atom is -0.755 e. The molecule has 0 aromatic heterocycles. The average molecular weight is 188 g/mol. The Balaban J connectivity index is 2.86. The summed E-state index contributed by atoms with van der Waals surface area (Å²) in [5.41, 5.74) is 0.490. The van der Waals surface area contributed by atoms with E-state index in [2.05, 4.69) is 17.4 Å². The van der Waals surface area contributed by atoms with Crippen molar-refractivity contribution in [3.63, 3.8) is 0 Å². The summed E-state index contributed by atoms with van der Waals surface area (Å²) in [6.45, 7) is 0. The molecule has 11 heavy (non-hydrogen) atoms. The summed E-state index contributed by atoms with van der Waals surface area (Å²) >= 11 is 1.76. The molecule has 0 saturated carbocycles. The lowest BCUT2D eigenvalue weighted by Crippen LogP contribution is -2.02. The van der Waals surface area contributed by atoms with Crippen molar-refractivity contribution in [1.29, 1.82) is 0 Å². The molecular weight excluding hydrogens is 182 g/mol. The second-order valence-electron chi connectivity index (χ2n) is 1.85. The van der Waals surface area contributed by atoms with E-state index in [0.29, 0.717) is 10.6 Å². The van der Waals surface area contributed by atoms with Gasteiger partial charge in [0.05, 0.1) is 5.69 Å². The van der Waals surface area contributed by atoms with E-state index in [-0.39, 0.29) is 0 Å². The molecule has 1 N–H and O–H groups in total. The number of para-hydroxylation sites is 1. The van der Waals surface area contributed by atoms with Gasteiger partial charge in [-0.05, 0) is 12.1 Å². The van der Waals surface area contributed by atoms with Crippen LogP contribution in [-0.2, 0) is 11.3 Å². The van der Waals surface area contributed by atoms with Crippen LogP contribution in [0.1, 0.15) is 0 Å². The third-order valence-electron chi connectivity index (χ3n) is 1.10. The van der Waals surface area contributed by atoms with Crippen LogP contribution in [0.2, 0.25) is 0 Å². The Labute approximate surface area is 72.6 Å². The van der Waals surface area contributed by atoms with Crippen LogP contribution in [0.15, 0.2) is 29.2 Å². The fourth-order valence-corrected chi connectivity index (χ4v) is 1.30. The zero-order valence-electron chi connectivity index (χ0n) is 5.48. The minimum absolute atomic E-state index is 0.490. The van der Waals surface area contributed by atoms with Crippen molar-refractivity contribution >= 4 is 29.6 Å². The maximum Gasteiger partial charge on any atom is 0.0585 e. The highest BCUT2D eigenvalue weighted by Gasteiger charge is 1.93. The van der Waals surface area contributed by atoms with Crippen molar-refractivity contribution in [2.24, 2.45) is 0 Å². The van der Waals surface area contributed by atoms with Crippen molar-refractivity contribution in [3.05, 3.63) is 24.3 Å². The molecule has 0 fully saturated rings. The molecule has 1 rings (SSSR count). The standard InChI is InChI=1S/C6H7NO2S2/c8-11(9)7-5-3-1-2-4-6(5)10/h1-4,7,10H,(H,8,9)/p-1. The predicted octanol–water partition coefficient (Wildman–Crippen LogP) is 1.18. The van der Waals surface area contributed by atoms with Gasteiger partial charge in [0.1, 0.15) is 0 Å². The number of anilines is 1. The fourth-order valence-electron chi connectivity index (χ4n) is 0.650. The quantitative estimate of drug-likeness (QED) is 0.541. The van der Waals surface area contributed by atoms with Gasteiger partial charge in [-0.1, -0.05) is 12.1 Å². The van der Waals surface area contributed by atoms with Gasteiger partial charge in [0, 0.05) is 16.2 Å². The Morgan fingerprint density at radius 3 is 2.64 bits per heavy atom. The van der Waals surface area contributed by atoms with Crippen LogP contribution in [0.5, 0.6) is 0 Å². The lowest BCUT2D eigenvalue weighted by atomic mass is 10.3. The lowest BCUT2D eigenvalue weighted by Gasteiger charge is -2.09. The van der Waals surface area contributed by atoms with Crippen LogP contribution in [-0.4, -0.2) is 8.76 Å². The molecule has 0 radical (unpaired) electrons. The smallest absolute Gasteiger partial charge is 0.0585 e. The highest BCUT2D eigenvalue weighted by atomic mass is 32.2. The molecule has 0 saturated heterocycles. The number of hydrogen-bond acceptors (Lipinski definition) is 3. The van der Waals surface area contributed by atoms with E-state index in [0.717, 1.165) is 0 Å². The molecule has 0 heterocycles. The SMILES string of the molecule is O=S([O-])Nc1ccccc1S. The monoisotopic (exact) mass is 188 g/mol. The van der Waals surface area contributed by atoms with E-state index in [1.165, 1.54) is 0 Å². The number of hydrogen-bond donors (Lipinski definition) is 2. The van der Waals surface area contributed by atoms with Crippen LogP contribution in [0.25, 0.3) is 0 Å². The van der Waals surface area contributed by atoms with Gasteiger partial charge in [-0.15, -0.1) is 12.6 Å². The third-order valence-corrected chi connectivity index (χ3v) is 1.87. The molecule has 3 nitrogen and oxygen atoms in total. The molecule has 1 unspecified atom stereocenters. The molecule has 0 amide bonds. The summed E-state index contributed by atoms with van der Waals surface area (Å²) < 4.78 is 22.6. The number of nitrogens with one attached hydrogen (secondary N) is 1. The first kappa shape index (κ1) is 8.58. The molecule has 60 valence electrons. The Hall–Kier alpha value is -0.520. The van der Waals surface area contributed by atoms with Gasteiger partial charge in [-0.3, -0.25) is 4.21 Å². The summed E-state index contributed by atoms with van der Waals surface area (Å²) in [5.74, 6) is 0. The molecule has 0 aliphatic rings. The first-order valence-electron chi connectivity index (χ1n) is 2.84. The summed E-state index contributed by atoms with van der Waals surface area (Å²) in [4.78, 5) is 0.608. The van der Waals surface area contributed by atoms with Crippen LogP contribution < -0.4 is 4.72 Å². The Bertz CT molecular complexity index is 277. The van der Waals surface area contributed by atoms with E-state index in [1.807, 2.05) is 0 Å². The van der Waals surface area contributed by atoms with E-state index < -0.39 is 11.3 Å². The zero-order valence-corrected chi connectivity index (χ0v) is 7.19. The van der Waals surface area contributed by atoms with Crippen LogP contribution in [0.3, 0.4) is 0 Å². The molecule has 5 heteroatoms. The summed E-state index contributed by atoms with van der Waals surface area (Å²) in [6.07, 6.45) is 0. The van der Waals surface area contributed by atoms with Gasteiger partial charge in [-0.25, -0.2) is 0 Å². The molecular formula is C6H6NO2S2-. The summed E-state index contributed by atoms with van der Waals surface area (Å²) in [7, 11) is 0. The van der Waals surface area contributed by atoms with Gasteiger partial charge >= 0.3 is 0 Å². The maximum atomic E-state index is 10.2. The maximum absolute atomic E-state index is 10.2. The lowest BCUT2D eigenvalue weighted by molar-refractivity contribution is 0.542. The second-order valence-corrected chi connectivity index (χ2v) is 3.01. The molecule has 1 aromatic carbocycles. The van der Waals surface area contributed by atoms with Gasteiger partial charge in [0.25, 0.3) is 0 Å². The number of thiol groups is 1. The Morgan fingerprint density at radius 2 is 2.09 bits per heavy atom. The van der Waals surface area contributed by atoms with E-state index in [9.17, 15) is 8.76 Å². The largest absolute Gasteiger partial charge is 0.755 e. The van der Waals surface area contributed by atoms with Crippen molar-refractivity contribution in [3.8, 4) is 0 Å². The van der Waals surface area contributed by atoms with Gasteiger partial charge in [0.2, 0.25) is 0 Å². The first-order valence-corrected chi connectivity index (χ1v) is 4.36. The van der Waals surface area contributed by atoms with Gasteiger partial charge in [0.15, 0.2) is 0 Å². The zero-order chi connectivity index (χ0) is 8.27. The highest BCUT2D eigenvalue weighted by molar-refractivity contribution is 7.81. The van der Waals surface area contributed by atoms with E-state index in [4.69, 9.17) is 0 Å². The molecule has 0 spiro atoms. The van der Waals surface area contributed by atoms with Crippen molar-refractivity contribution in [1.82, 2.24) is 0 Å². The normalized spacial score (nSPS) is 12.5. The van der Waals surface area contributed by atoms with Crippen LogP contribution in [0.4, 0.5) is 5.69 Å². The van der Waals surface area contributed by atoms with Crippen molar-refractivity contribution < 1.29 is 8.76 Å². The topological polar surface area (TPSA) is 52.2 Å². The van der Waals surface area contributed by atoms with E-state index in [1.54, 1.807) is 24.3 Å². The predicted molar refractivity (Wildman–Crippen MR) is 46.2 cm³/mol. The number of benzene rings is 1. The van der Waals surface area contributed by atoms with Crippen LogP contribution >= 0.6 is 12.6 Å². The minimum atomic E-state index is -2.28. The van der Waals surface area contributed by atoms with E-state index >= 15 is 0 Å². The summed E-state index contributed by atoms with van der Waals surface area (Å²) in [6, 6.07) is 6.85. The molecule has 1 aromatic rings. The average Bonchev–Trinajstić information content (AvgIpc) is 1.93. The fraction of sp³-hybridized carbons (Fsp3) is 0. The highest BCUT2D eigenvalue weighted by Crippen LogP contribution is 2.18. The molecule has 0 aliphatic carbocycles. The Morgan fingerprint density at radius 1 is 1.45 bits per heavy atom. The van der Waals surface area contributed by atoms with Gasteiger partial charge in [-0.2, -0.15) is 0 Å². The van der Waals surface area contributed by atoms with Crippen LogP contribution in [0, 0.1) is 0 Å². The molecule has 0 aliphatic heterocycles. The Kier molecular flexibility index (Phi) is 2.92. The third kappa shape index (κ3) is 2.53. The van der Waals surface area contributed by atoms with Crippen molar-refractivity contribution in [2.45, 2.75) is 4.90 Å². The van der Waals surface area contributed by atoms with Crippen molar-refractivity contribution in [2.75, 3.05) is 4.72 Å². The molecule has 0 bridgehead atoms. The van der Waals surface area contributed by atoms with Gasteiger partial charge < -0.3 is 9.27 Å². The second kappa shape index (κ2) is 3.75. The number of rotatable bonds is 2.